The Morgan fingerprint density at radius 1 is 0.839 bits per heavy atom. The van der Waals surface area contributed by atoms with E-state index in [9.17, 15) is 9.59 Å². The topological polar surface area (TPSA) is 104 Å². The third-order valence-electron chi connectivity index (χ3n) is 4.95. The summed E-state index contributed by atoms with van der Waals surface area (Å²) in [5.41, 5.74) is 0. The van der Waals surface area contributed by atoms with Gasteiger partial charge in [0, 0.05) is 13.0 Å². The Labute approximate surface area is 191 Å². The summed E-state index contributed by atoms with van der Waals surface area (Å²) >= 11 is 1.21. The van der Waals surface area contributed by atoms with Gasteiger partial charge in [0.05, 0.1) is 6.42 Å². The second kappa shape index (κ2) is 18.8. The molecule has 0 saturated heterocycles. The van der Waals surface area contributed by atoms with Crippen LogP contribution in [0.5, 0.6) is 0 Å². The van der Waals surface area contributed by atoms with Gasteiger partial charge in [-0.3, -0.25) is 9.59 Å². The summed E-state index contributed by atoms with van der Waals surface area (Å²) < 4.78 is 0. The van der Waals surface area contributed by atoms with E-state index in [1.807, 2.05) is 0 Å². The van der Waals surface area contributed by atoms with Crippen molar-refractivity contribution in [2.24, 2.45) is 0 Å². The van der Waals surface area contributed by atoms with Crippen molar-refractivity contribution in [3.05, 3.63) is 12.2 Å². The number of hydrogen-bond donors (Lipinski definition) is 3. The van der Waals surface area contributed by atoms with Crippen molar-refractivity contribution in [3.63, 3.8) is 0 Å². The second-order valence-electron chi connectivity index (χ2n) is 7.87. The molecule has 1 aromatic heterocycles. The molecule has 1 heterocycles. The Morgan fingerprint density at radius 3 is 2.06 bits per heavy atom. The first-order valence-corrected chi connectivity index (χ1v) is 12.7. The number of aliphatic carboxylic acids is 1. The highest BCUT2D eigenvalue weighted by Gasteiger charge is 2.08. The van der Waals surface area contributed by atoms with Gasteiger partial charge in [0.1, 0.15) is 0 Å². The number of anilines is 2. The van der Waals surface area contributed by atoms with Crippen LogP contribution in [0.4, 0.5) is 10.3 Å². The van der Waals surface area contributed by atoms with Gasteiger partial charge in [0.15, 0.2) is 0 Å². The molecular formula is C23H40N4O3S. The number of rotatable bonds is 20. The molecule has 0 aliphatic rings. The highest BCUT2D eigenvalue weighted by atomic mass is 32.1. The van der Waals surface area contributed by atoms with Crippen LogP contribution in [-0.4, -0.2) is 33.7 Å². The van der Waals surface area contributed by atoms with E-state index in [1.54, 1.807) is 0 Å². The highest BCUT2D eigenvalue weighted by molar-refractivity contribution is 7.19. The first-order chi connectivity index (χ1) is 15.1. The lowest BCUT2D eigenvalue weighted by Crippen LogP contribution is -2.10. The van der Waals surface area contributed by atoms with Gasteiger partial charge in [-0.2, -0.15) is 0 Å². The smallest absolute Gasteiger partial charge is 0.305 e. The summed E-state index contributed by atoms with van der Waals surface area (Å²) in [5.74, 6) is -0.920. The van der Waals surface area contributed by atoms with E-state index in [-0.39, 0.29) is 18.9 Å². The first-order valence-electron chi connectivity index (χ1n) is 11.9. The largest absolute Gasteiger partial charge is 0.481 e. The van der Waals surface area contributed by atoms with Crippen LogP contribution in [0.15, 0.2) is 12.2 Å². The number of hydrogen-bond acceptors (Lipinski definition) is 6. The Bertz CT molecular complexity index is 634. The number of amides is 1. The summed E-state index contributed by atoms with van der Waals surface area (Å²) in [6.45, 7) is 2.54. The fourth-order valence-electron chi connectivity index (χ4n) is 3.16. The van der Waals surface area contributed by atoms with Crippen molar-refractivity contribution in [1.82, 2.24) is 10.2 Å². The van der Waals surface area contributed by atoms with Crippen molar-refractivity contribution >= 4 is 33.5 Å². The molecule has 1 aromatic rings. The van der Waals surface area contributed by atoms with Gasteiger partial charge in [-0.1, -0.05) is 81.8 Å². The van der Waals surface area contributed by atoms with E-state index in [2.05, 4.69) is 39.9 Å². The molecule has 0 saturated carbocycles. The average molecular weight is 453 g/mol. The van der Waals surface area contributed by atoms with E-state index in [0.717, 1.165) is 25.7 Å². The molecule has 0 fully saturated rings. The molecule has 31 heavy (non-hydrogen) atoms. The minimum absolute atomic E-state index is 0.0107. The molecule has 0 bridgehead atoms. The molecular weight excluding hydrogens is 412 g/mol. The second-order valence-corrected chi connectivity index (χ2v) is 8.84. The predicted octanol–water partition coefficient (Wildman–Crippen LogP) is 6.40. The summed E-state index contributed by atoms with van der Waals surface area (Å²) in [6.07, 6.45) is 21.2. The molecule has 0 aliphatic heterocycles. The van der Waals surface area contributed by atoms with E-state index < -0.39 is 5.97 Å². The fourth-order valence-corrected chi connectivity index (χ4v) is 3.85. The normalized spacial score (nSPS) is 11.1. The van der Waals surface area contributed by atoms with Crippen LogP contribution in [0.2, 0.25) is 0 Å². The average Bonchev–Trinajstić information content (AvgIpc) is 3.17. The lowest BCUT2D eigenvalue weighted by Gasteiger charge is -2.02. The van der Waals surface area contributed by atoms with Crippen LogP contribution in [-0.2, 0) is 9.59 Å². The van der Waals surface area contributed by atoms with Gasteiger partial charge < -0.3 is 15.7 Å². The number of carboxylic acids is 1. The first kappa shape index (κ1) is 27.1. The van der Waals surface area contributed by atoms with Crippen LogP contribution in [0.25, 0.3) is 0 Å². The maximum Gasteiger partial charge on any atom is 0.305 e. The van der Waals surface area contributed by atoms with Crippen LogP contribution in [0, 0.1) is 0 Å². The minimum Gasteiger partial charge on any atom is -0.481 e. The van der Waals surface area contributed by atoms with Gasteiger partial charge in [-0.25, -0.2) is 0 Å². The van der Waals surface area contributed by atoms with Gasteiger partial charge >= 0.3 is 5.97 Å². The Kier molecular flexibility index (Phi) is 16.4. The maximum absolute atomic E-state index is 12.0. The molecule has 176 valence electrons. The predicted molar refractivity (Wildman–Crippen MR) is 129 cm³/mol. The molecule has 0 atom stereocenters. The maximum atomic E-state index is 12.0. The summed E-state index contributed by atoms with van der Waals surface area (Å²) in [6, 6.07) is 0. The molecule has 0 radical (unpaired) electrons. The van der Waals surface area contributed by atoms with Crippen molar-refractivity contribution < 1.29 is 14.7 Å². The number of carbonyl (C=O) groups excluding carboxylic acids is 1. The summed E-state index contributed by atoms with van der Waals surface area (Å²) in [5, 5.41) is 23.0. The zero-order valence-corrected chi connectivity index (χ0v) is 19.9. The van der Waals surface area contributed by atoms with Gasteiger partial charge in [0.2, 0.25) is 16.2 Å². The van der Waals surface area contributed by atoms with Crippen LogP contribution < -0.4 is 10.6 Å². The van der Waals surface area contributed by atoms with Gasteiger partial charge in [0.25, 0.3) is 0 Å². The van der Waals surface area contributed by atoms with E-state index in [4.69, 9.17) is 5.11 Å². The molecule has 3 N–H and O–H groups in total. The lowest BCUT2D eigenvalue weighted by molar-refractivity contribution is -0.136. The third-order valence-corrected chi connectivity index (χ3v) is 5.75. The van der Waals surface area contributed by atoms with E-state index in [1.165, 1.54) is 69.1 Å². The van der Waals surface area contributed by atoms with Gasteiger partial charge in [-0.15, -0.1) is 10.2 Å². The van der Waals surface area contributed by atoms with Crippen molar-refractivity contribution in [1.29, 1.82) is 0 Å². The SMILES string of the molecule is CCCCCCCCC=CCCCCCCCC(=O)Nc1nnc(NCCC(=O)O)s1. The van der Waals surface area contributed by atoms with Gasteiger partial charge in [-0.05, 0) is 32.1 Å². The number of allylic oxidation sites excluding steroid dienone is 2. The number of unbranched alkanes of at least 4 members (excludes halogenated alkanes) is 11. The quantitative estimate of drug-likeness (QED) is 0.156. The van der Waals surface area contributed by atoms with Crippen molar-refractivity contribution in [2.75, 3.05) is 17.2 Å². The lowest BCUT2D eigenvalue weighted by atomic mass is 10.1. The summed E-state index contributed by atoms with van der Waals surface area (Å²) in [7, 11) is 0. The van der Waals surface area contributed by atoms with E-state index in [0.29, 0.717) is 16.7 Å². The number of nitrogens with one attached hydrogen (secondary N) is 2. The number of carboxylic acid groups (broad SMARTS) is 1. The van der Waals surface area contributed by atoms with E-state index >= 15 is 0 Å². The molecule has 0 spiro atoms. The monoisotopic (exact) mass is 452 g/mol. The Balaban J connectivity index is 1.93. The Morgan fingerprint density at radius 2 is 1.42 bits per heavy atom. The Hall–Kier alpha value is -1.96. The molecule has 0 aliphatic carbocycles. The minimum atomic E-state index is -0.870. The van der Waals surface area contributed by atoms with Crippen molar-refractivity contribution in [3.8, 4) is 0 Å². The highest BCUT2D eigenvalue weighted by Crippen LogP contribution is 2.20. The molecule has 1 amide bonds. The molecule has 0 unspecified atom stereocenters. The molecule has 7 nitrogen and oxygen atoms in total. The molecule has 1 rings (SSSR count). The van der Waals surface area contributed by atoms with Crippen LogP contribution in [0.1, 0.15) is 103 Å². The number of aromatic nitrogens is 2. The summed E-state index contributed by atoms with van der Waals surface area (Å²) in [4.78, 5) is 22.5. The molecule has 0 aromatic carbocycles. The van der Waals surface area contributed by atoms with Crippen LogP contribution in [0.3, 0.4) is 0 Å². The number of carbonyl (C=O) groups is 2. The number of nitrogens with zero attached hydrogens (tertiary/aromatic N) is 2. The fraction of sp³-hybridized carbons (Fsp3) is 0.739. The van der Waals surface area contributed by atoms with Crippen molar-refractivity contribution in [2.45, 2.75) is 103 Å². The third kappa shape index (κ3) is 16.4. The van der Waals surface area contributed by atoms with Crippen LogP contribution >= 0.6 is 11.3 Å². The molecule has 8 heteroatoms. The zero-order chi connectivity index (χ0) is 22.6. The standard InChI is InChI=1S/C23H40N4O3S/c1-2-3-4-5-6-7-8-9-10-11-12-13-14-15-16-17-20(28)25-23-27-26-22(31-23)24-19-18-21(29)30/h9-10H,2-8,11-19H2,1H3,(H,24,26)(H,29,30)(H,25,27,28). The zero-order valence-electron chi connectivity index (χ0n) is 19.0.